The molecule has 0 N–H and O–H groups in total. The predicted molar refractivity (Wildman–Crippen MR) is 84.9 cm³/mol. The maximum absolute atomic E-state index is 2.74. The van der Waals surface area contributed by atoms with Gasteiger partial charge in [-0.25, -0.2) is 0 Å². The fourth-order valence-electron chi connectivity index (χ4n) is 3.18. The summed E-state index contributed by atoms with van der Waals surface area (Å²) in [6.45, 7) is 8.72. The molecule has 1 rings (SSSR count). The van der Waals surface area contributed by atoms with Crippen LogP contribution in [0.2, 0.25) is 15.8 Å². The minimum atomic E-state index is -0.266. The van der Waals surface area contributed by atoms with Gasteiger partial charge in [-0.05, 0) is 32.5 Å². The molecule has 0 amide bonds. The Kier molecular flexibility index (Phi) is 10.4. The molecule has 0 unspecified atom stereocenters. The smallest absolute Gasteiger partial charge is 0.261 e. The molecule has 0 aliphatic carbocycles. The van der Waals surface area contributed by atoms with E-state index >= 15 is 0 Å². The second-order valence-corrected chi connectivity index (χ2v) is 9.66. The third-order valence-corrected chi connectivity index (χ3v) is 8.14. The van der Waals surface area contributed by atoms with Gasteiger partial charge in [-0.3, -0.25) is 0 Å². The topological polar surface area (TPSA) is 3.24 Å². The zero-order chi connectivity index (χ0) is 13.1. The van der Waals surface area contributed by atoms with E-state index in [0.29, 0.717) is 0 Å². The highest BCUT2D eigenvalue weighted by Gasteiger charge is 2.19. The van der Waals surface area contributed by atoms with Crippen molar-refractivity contribution >= 4 is 14.1 Å². The van der Waals surface area contributed by atoms with Crippen LogP contribution in [-0.4, -0.2) is 38.7 Å². The number of hydrogen-bond donors (Lipinski definition) is 0. The molecule has 0 spiro atoms. The van der Waals surface area contributed by atoms with Crippen molar-refractivity contribution in [3.05, 3.63) is 0 Å². The lowest BCUT2D eigenvalue weighted by molar-refractivity contribution is 0.265. The van der Waals surface area contributed by atoms with Crippen molar-refractivity contribution in [3.63, 3.8) is 0 Å². The van der Waals surface area contributed by atoms with E-state index in [-0.39, 0.29) is 14.1 Å². The first-order valence-corrected chi connectivity index (χ1v) is 11.0. The lowest BCUT2D eigenvalue weighted by Crippen LogP contribution is -2.28. The van der Waals surface area contributed by atoms with E-state index in [1.807, 2.05) is 0 Å². The Morgan fingerprint density at radius 3 is 1.89 bits per heavy atom. The predicted octanol–water partition coefficient (Wildman–Crippen LogP) is 4.96. The third kappa shape index (κ3) is 7.82. The van der Waals surface area contributed by atoms with Crippen LogP contribution in [-0.2, 0) is 0 Å². The molecule has 106 valence electrons. The Bertz CT molecular complexity index is 170. The zero-order valence-corrected chi connectivity index (χ0v) is 14.1. The van der Waals surface area contributed by atoms with E-state index in [0.717, 1.165) is 0 Å². The van der Waals surface area contributed by atoms with E-state index in [1.54, 1.807) is 28.7 Å². The Labute approximate surface area is 120 Å². The van der Waals surface area contributed by atoms with Crippen LogP contribution in [0.4, 0.5) is 0 Å². The van der Waals surface area contributed by atoms with Crippen molar-refractivity contribution in [2.75, 3.05) is 19.6 Å². The van der Waals surface area contributed by atoms with E-state index in [1.165, 1.54) is 58.2 Å². The van der Waals surface area contributed by atoms with Crippen molar-refractivity contribution in [3.8, 4) is 0 Å². The van der Waals surface area contributed by atoms with Gasteiger partial charge in [-0.1, -0.05) is 68.2 Å². The van der Waals surface area contributed by atoms with Crippen LogP contribution < -0.4 is 0 Å². The van der Waals surface area contributed by atoms with Crippen LogP contribution in [0, 0.1) is 0 Å². The highest BCUT2D eigenvalue weighted by Crippen LogP contribution is 2.22. The van der Waals surface area contributed by atoms with Gasteiger partial charge in [0.1, 0.15) is 0 Å². The summed E-state index contributed by atoms with van der Waals surface area (Å²) in [5.74, 6) is 0. The summed E-state index contributed by atoms with van der Waals surface area (Å²) in [7, 11) is 0. The van der Waals surface area contributed by atoms with Crippen LogP contribution in [0.3, 0.4) is 0 Å². The van der Waals surface area contributed by atoms with Crippen LogP contribution in [0.15, 0.2) is 0 Å². The number of rotatable bonds is 10. The van der Waals surface area contributed by atoms with Gasteiger partial charge in [0.2, 0.25) is 0 Å². The first kappa shape index (κ1) is 16.5. The molecular formula is C16H34AlN. The average Bonchev–Trinajstić information content (AvgIpc) is 2.42. The fourth-order valence-corrected chi connectivity index (χ4v) is 6.54. The van der Waals surface area contributed by atoms with Gasteiger partial charge in [-0.2, -0.15) is 0 Å². The summed E-state index contributed by atoms with van der Waals surface area (Å²) in [4.78, 5) is 2.74. The molecule has 1 nitrogen and oxygen atoms in total. The molecule has 1 heterocycles. The van der Waals surface area contributed by atoms with Gasteiger partial charge in [0.05, 0.1) is 0 Å². The van der Waals surface area contributed by atoms with Crippen LogP contribution in [0.1, 0.15) is 65.2 Å². The number of hydrogen-bond acceptors (Lipinski definition) is 1. The zero-order valence-electron chi connectivity index (χ0n) is 12.9. The van der Waals surface area contributed by atoms with Crippen molar-refractivity contribution in [1.82, 2.24) is 4.90 Å². The molecule has 0 aromatic heterocycles. The SMILES string of the molecule is CCCCN(CCCC)CC[CH2][Al]1[CH2]CCC[CH2]1. The minimum Gasteiger partial charge on any atom is -0.303 e. The summed E-state index contributed by atoms with van der Waals surface area (Å²) < 4.78 is 0. The van der Waals surface area contributed by atoms with Gasteiger partial charge in [0.15, 0.2) is 0 Å². The Morgan fingerprint density at radius 2 is 1.33 bits per heavy atom. The first-order valence-electron chi connectivity index (χ1n) is 8.59. The summed E-state index contributed by atoms with van der Waals surface area (Å²) >= 11 is -0.266. The van der Waals surface area contributed by atoms with E-state index in [2.05, 4.69) is 18.7 Å². The van der Waals surface area contributed by atoms with E-state index < -0.39 is 0 Å². The summed E-state index contributed by atoms with van der Waals surface area (Å²) in [6.07, 6.45) is 11.6. The lowest BCUT2D eigenvalue weighted by Gasteiger charge is -2.23. The van der Waals surface area contributed by atoms with Crippen LogP contribution >= 0.6 is 0 Å². The van der Waals surface area contributed by atoms with E-state index in [4.69, 9.17) is 0 Å². The monoisotopic (exact) mass is 267 g/mol. The van der Waals surface area contributed by atoms with Crippen LogP contribution in [0.25, 0.3) is 0 Å². The number of nitrogens with zero attached hydrogens (tertiary/aromatic N) is 1. The standard InChI is InChI=1S/C11H24N.C5H10.Al/c1-4-7-10-12(9-6-3)11-8-5-2;1-3-5-4-2;/h3-11H2,1-2H3;1-5H2;. The molecule has 0 aromatic carbocycles. The quantitative estimate of drug-likeness (QED) is 0.506. The van der Waals surface area contributed by atoms with Gasteiger partial charge in [0.25, 0.3) is 14.1 Å². The van der Waals surface area contributed by atoms with Gasteiger partial charge < -0.3 is 4.90 Å². The normalized spacial score (nSPS) is 16.5. The Hall–Kier alpha value is 0.492. The second kappa shape index (κ2) is 11.3. The van der Waals surface area contributed by atoms with Gasteiger partial charge in [-0.15, -0.1) is 0 Å². The Morgan fingerprint density at radius 1 is 0.778 bits per heavy atom. The molecule has 2 heteroatoms. The highest BCUT2D eigenvalue weighted by atomic mass is 27.2. The average molecular weight is 267 g/mol. The molecule has 1 fully saturated rings. The van der Waals surface area contributed by atoms with Crippen molar-refractivity contribution in [2.24, 2.45) is 0 Å². The maximum atomic E-state index is 2.74. The highest BCUT2D eigenvalue weighted by molar-refractivity contribution is 6.58. The summed E-state index contributed by atoms with van der Waals surface area (Å²) in [5.41, 5.74) is 0. The Balaban J connectivity index is 2.10. The van der Waals surface area contributed by atoms with Gasteiger partial charge in [0, 0.05) is 0 Å². The fraction of sp³-hybridized carbons (Fsp3) is 1.00. The molecule has 18 heavy (non-hydrogen) atoms. The summed E-state index contributed by atoms with van der Waals surface area (Å²) in [5, 5.41) is 4.95. The lowest BCUT2D eigenvalue weighted by atomic mass is 10.2. The molecule has 1 aliphatic rings. The molecule has 0 atom stereocenters. The van der Waals surface area contributed by atoms with Gasteiger partial charge >= 0.3 is 0 Å². The van der Waals surface area contributed by atoms with Crippen molar-refractivity contribution in [2.45, 2.75) is 81.1 Å². The third-order valence-electron chi connectivity index (χ3n) is 4.47. The summed E-state index contributed by atoms with van der Waals surface area (Å²) in [6, 6.07) is 0. The molecule has 0 radical (unpaired) electrons. The first-order chi connectivity index (χ1) is 8.86. The van der Waals surface area contributed by atoms with Crippen LogP contribution in [0.5, 0.6) is 0 Å². The van der Waals surface area contributed by atoms with Crippen molar-refractivity contribution in [1.29, 1.82) is 0 Å². The number of unbranched alkanes of at least 4 members (excludes halogenated alkanes) is 2. The van der Waals surface area contributed by atoms with Crippen molar-refractivity contribution < 1.29 is 0 Å². The molecular weight excluding hydrogens is 233 g/mol. The molecule has 0 aromatic rings. The molecule has 1 saturated heterocycles. The molecule has 0 saturated carbocycles. The molecule has 1 aliphatic heterocycles. The molecule has 0 bridgehead atoms. The second-order valence-electron chi connectivity index (χ2n) is 6.20. The minimum absolute atomic E-state index is 0.266. The maximum Gasteiger partial charge on any atom is 0.261 e. The van der Waals surface area contributed by atoms with E-state index in [9.17, 15) is 0 Å². The largest absolute Gasteiger partial charge is 0.303 e.